The molecule has 0 aliphatic heterocycles. The quantitative estimate of drug-likeness (QED) is 0.734. The van der Waals surface area contributed by atoms with Crippen molar-refractivity contribution >= 4 is 38.9 Å². The van der Waals surface area contributed by atoms with Crippen molar-refractivity contribution in [2.24, 2.45) is 0 Å². The minimum Gasteiger partial charge on any atom is -0.225 e. The molecule has 1 aromatic carbocycles. The van der Waals surface area contributed by atoms with E-state index in [4.69, 9.17) is 11.6 Å². The van der Waals surface area contributed by atoms with E-state index in [-0.39, 0.29) is 0 Å². The Hall–Kier alpha value is -0.380. The first-order valence-electron chi connectivity index (χ1n) is 4.47. The molecule has 1 heterocycles. The van der Waals surface area contributed by atoms with E-state index in [1.165, 1.54) is 16.9 Å². The van der Waals surface area contributed by atoms with Crippen molar-refractivity contribution in [1.29, 1.82) is 0 Å². The summed E-state index contributed by atoms with van der Waals surface area (Å²) in [6, 6.07) is 6.18. The Morgan fingerprint density at radius 2 is 2.07 bits per heavy atom. The molecule has 15 heavy (non-hydrogen) atoms. The minimum atomic E-state index is 0.599. The first-order chi connectivity index (χ1) is 7.08. The predicted octanol–water partition coefficient (Wildman–Crippen LogP) is 4.84. The van der Waals surface area contributed by atoms with Crippen LogP contribution in [0.1, 0.15) is 10.4 Å². The van der Waals surface area contributed by atoms with Crippen molar-refractivity contribution in [3.63, 3.8) is 0 Å². The van der Waals surface area contributed by atoms with Crippen molar-refractivity contribution in [3.8, 4) is 11.3 Å². The lowest BCUT2D eigenvalue weighted by Crippen LogP contribution is -1.85. The van der Waals surface area contributed by atoms with E-state index in [0.29, 0.717) is 4.47 Å². The van der Waals surface area contributed by atoms with E-state index in [2.05, 4.69) is 40.0 Å². The van der Waals surface area contributed by atoms with Gasteiger partial charge in [-0.2, -0.15) is 0 Å². The summed E-state index contributed by atoms with van der Waals surface area (Å²) in [7, 11) is 0. The molecule has 0 N–H and O–H groups in total. The first kappa shape index (κ1) is 11.1. The molecular weight excluding hydrogens is 294 g/mol. The molecule has 0 aliphatic rings. The lowest BCUT2D eigenvalue weighted by molar-refractivity contribution is 1.34. The Kier molecular flexibility index (Phi) is 3.14. The fraction of sp³-hybridized carbons (Fsp3) is 0.182. The third-order valence-electron chi connectivity index (χ3n) is 2.23. The second-order valence-corrected chi connectivity index (χ2v) is 6.03. The molecule has 0 amide bonds. The average molecular weight is 303 g/mol. The fourth-order valence-electron chi connectivity index (χ4n) is 1.46. The minimum absolute atomic E-state index is 0.599. The van der Waals surface area contributed by atoms with Gasteiger partial charge in [-0.25, -0.2) is 4.98 Å². The predicted molar refractivity (Wildman–Crippen MR) is 69.7 cm³/mol. The van der Waals surface area contributed by atoms with E-state index in [9.17, 15) is 0 Å². The molecule has 1 aromatic heterocycles. The summed E-state index contributed by atoms with van der Waals surface area (Å²) in [5, 5.41) is 0. The van der Waals surface area contributed by atoms with Crippen molar-refractivity contribution in [1.82, 2.24) is 4.98 Å². The van der Waals surface area contributed by atoms with Crippen LogP contribution in [0.15, 0.2) is 22.7 Å². The second-order valence-electron chi connectivity index (χ2n) is 3.33. The summed E-state index contributed by atoms with van der Waals surface area (Å²) in [6.45, 7) is 4.12. The van der Waals surface area contributed by atoms with Crippen LogP contribution in [-0.4, -0.2) is 4.98 Å². The number of halogens is 2. The second kappa shape index (κ2) is 4.24. The molecule has 4 heteroatoms. The molecule has 78 valence electrons. The van der Waals surface area contributed by atoms with Gasteiger partial charge in [0, 0.05) is 14.9 Å². The molecule has 0 aliphatic carbocycles. The Bertz CT molecular complexity index is 507. The average Bonchev–Trinajstić information content (AvgIpc) is 2.50. The van der Waals surface area contributed by atoms with E-state index in [0.717, 1.165) is 20.6 Å². The number of rotatable bonds is 1. The molecule has 0 spiro atoms. The molecule has 0 saturated carbocycles. The van der Waals surface area contributed by atoms with Crippen molar-refractivity contribution < 1.29 is 0 Å². The van der Waals surface area contributed by atoms with Crippen LogP contribution in [0.25, 0.3) is 11.3 Å². The highest BCUT2D eigenvalue weighted by molar-refractivity contribution is 9.10. The maximum absolute atomic E-state index is 5.90. The number of hydrogen-bond donors (Lipinski definition) is 0. The topological polar surface area (TPSA) is 12.9 Å². The highest BCUT2D eigenvalue weighted by atomic mass is 79.9. The molecule has 0 unspecified atom stereocenters. The SMILES string of the molecule is Cc1ccc(Br)cc1-c1nc(Cl)sc1C. The zero-order valence-electron chi connectivity index (χ0n) is 8.34. The Balaban J connectivity index is 2.62. The lowest BCUT2D eigenvalue weighted by atomic mass is 10.1. The Morgan fingerprint density at radius 1 is 1.33 bits per heavy atom. The number of benzene rings is 1. The third kappa shape index (κ3) is 2.25. The van der Waals surface area contributed by atoms with Crippen molar-refractivity contribution in [2.75, 3.05) is 0 Å². The van der Waals surface area contributed by atoms with Gasteiger partial charge in [0.05, 0.1) is 5.69 Å². The molecule has 0 saturated heterocycles. The summed E-state index contributed by atoms with van der Waals surface area (Å²) in [6.07, 6.45) is 0. The standard InChI is InChI=1S/C11H9BrClNS/c1-6-3-4-8(12)5-9(6)10-7(2)15-11(13)14-10/h3-5H,1-2H3. The maximum Gasteiger partial charge on any atom is 0.184 e. The molecule has 0 fully saturated rings. The van der Waals surface area contributed by atoms with Crippen LogP contribution in [0.4, 0.5) is 0 Å². The highest BCUT2D eigenvalue weighted by Crippen LogP contribution is 2.33. The van der Waals surface area contributed by atoms with Gasteiger partial charge in [0.15, 0.2) is 4.47 Å². The van der Waals surface area contributed by atoms with Gasteiger partial charge in [-0.1, -0.05) is 33.6 Å². The molecule has 2 rings (SSSR count). The summed E-state index contributed by atoms with van der Waals surface area (Å²) in [5.41, 5.74) is 3.34. The van der Waals surface area contributed by atoms with Crippen LogP contribution in [0.3, 0.4) is 0 Å². The molecule has 1 nitrogen and oxygen atoms in total. The van der Waals surface area contributed by atoms with Gasteiger partial charge in [-0.05, 0) is 31.5 Å². The van der Waals surface area contributed by atoms with Gasteiger partial charge in [-0.15, -0.1) is 11.3 Å². The molecule has 2 aromatic rings. The summed E-state index contributed by atoms with van der Waals surface area (Å²) in [5.74, 6) is 0. The van der Waals surface area contributed by atoms with Crippen LogP contribution in [-0.2, 0) is 0 Å². The Morgan fingerprint density at radius 3 is 2.67 bits per heavy atom. The number of hydrogen-bond acceptors (Lipinski definition) is 2. The highest BCUT2D eigenvalue weighted by Gasteiger charge is 2.10. The smallest absolute Gasteiger partial charge is 0.184 e. The molecular formula is C11H9BrClNS. The van der Waals surface area contributed by atoms with Gasteiger partial charge in [0.1, 0.15) is 0 Å². The fourth-order valence-corrected chi connectivity index (χ4v) is 2.90. The Labute approximate surface area is 106 Å². The van der Waals surface area contributed by atoms with Crippen molar-refractivity contribution in [3.05, 3.63) is 37.6 Å². The zero-order chi connectivity index (χ0) is 11.0. The zero-order valence-corrected chi connectivity index (χ0v) is 11.5. The summed E-state index contributed by atoms with van der Waals surface area (Å²) in [4.78, 5) is 5.50. The molecule has 0 radical (unpaired) electrons. The third-order valence-corrected chi connectivity index (χ3v) is 3.79. The number of aryl methyl sites for hydroxylation is 2. The van der Waals surface area contributed by atoms with Gasteiger partial charge in [-0.3, -0.25) is 0 Å². The number of aromatic nitrogens is 1. The molecule has 0 atom stereocenters. The number of nitrogens with zero attached hydrogens (tertiary/aromatic N) is 1. The van der Waals surface area contributed by atoms with E-state index in [1.807, 2.05) is 13.0 Å². The normalized spacial score (nSPS) is 10.7. The van der Waals surface area contributed by atoms with Gasteiger partial charge in [0.2, 0.25) is 0 Å². The summed E-state index contributed by atoms with van der Waals surface area (Å²) < 4.78 is 1.66. The number of thiazole rings is 1. The van der Waals surface area contributed by atoms with Crippen LogP contribution >= 0.6 is 38.9 Å². The monoisotopic (exact) mass is 301 g/mol. The first-order valence-corrected chi connectivity index (χ1v) is 6.46. The lowest BCUT2D eigenvalue weighted by Gasteiger charge is -2.04. The van der Waals surface area contributed by atoms with Crippen LogP contribution in [0, 0.1) is 13.8 Å². The molecule has 0 bridgehead atoms. The van der Waals surface area contributed by atoms with Crippen LogP contribution < -0.4 is 0 Å². The van der Waals surface area contributed by atoms with E-state index in [1.54, 1.807) is 0 Å². The van der Waals surface area contributed by atoms with Gasteiger partial charge < -0.3 is 0 Å². The van der Waals surface area contributed by atoms with E-state index >= 15 is 0 Å². The van der Waals surface area contributed by atoms with Crippen molar-refractivity contribution in [2.45, 2.75) is 13.8 Å². The van der Waals surface area contributed by atoms with Crippen LogP contribution in [0.2, 0.25) is 4.47 Å². The maximum atomic E-state index is 5.90. The van der Waals surface area contributed by atoms with Crippen LogP contribution in [0.5, 0.6) is 0 Å². The van der Waals surface area contributed by atoms with Gasteiger partial charge in [0.25, 0.3) is 0 Å². The largest absolute Gasteiger partial charge is 0.225 e. The van der Waals surface area contributed by atoms with Gasteiger partial charge >= 0.3 is 0 Å². The van der Waals surface area contributed by atoms with E-state index < -0.39 is 0 Å². The summed E-state index contributed by atoms with van der Waals surface area (Å²) >= 11 is 10.9.